The van der Waals surface area contributed by atoms with Crippen molar-refractivity contribution in [3.05, 3.63) is 170 Å². The van der Waals surface area contributed by atoms with Crippen LogP contribution in [0.5, 0.6) is 0 Å². The molecule has 0 atom stereocenters. The lowest BCUT2D eigenvalue weighted by molar-refractivity contribution is 1.07. The van der Waals surface area contributed by atoms with Gasteiger partial charge in [-0.3, -0.25) is 4.57 Å². The first-order chi connectivity index (χ1) is 24.8. The summed E-state index contributed by atoms with van der Waals surface area (Å²) in [5.74, 6) is 2.76. The summed E-state index contributed by atoms with van der Waals surface area (Å²) in [5, 5.41) is 4.68. The standard InChI is InChI=1S/C44H28N6/c1-3-13-29(14-4-1)42-46-43(30-15-5-2-6-16-30)48-44(47-42)31-22-24-39-35(27-31)36-28-32(23-25-40(36)50(39)41-21-11-12-26-45-41)49-37-19-9-7-17-33(37)34-18-8-10-20-38(34)49/h1-28H. The maximum atomic E-state index is 5.03. The Balaban J connectivity index is 1.24. The van der Waals surface area contributed by atoms with Gasteiger partial charge in [0.05, 0.1) is 22.1 Å². The van der Waals surface area contributed by atoms with E-state index in [0.29, 0.717) is 17.5 Å². The first kappa shape index (κ1) is 28.1. The number of hydrogen-bond acceptors (Lipinski definition) is 4. The van der Waals surface area contributed by atoms with E-state index in [0.717, 1.165) is 50.0 Å². The van der Waals surface area contributed by atoms with Crippen molar-refractivity contribution in [3.8, 4) is 45.7 Å². The molecule has 4 heterocycles. The van der Waals surface area contributed by atoms with Crippen LogP contribution in [0.4, 0.5) is 0 Å². The molecule has 0 saturated heterocycles. The second kappa shape index (κ2) is 11.4. The topological polar surface area (TPSA) is 61.4 Å². The molecule has 0 amide bonds. The van der Waals surface area contributed by atoms with Crippen LogP contribution in [0.15, 0.2) is 170 Å². The van der Waals surface area contributed by atoms with Crippen molar-refractivity contribution in [2.24, 2.45) is 0 Å². The highest BCUT2D eigenvalue weighted by atomic mass is 15.1. The van der Waals surface area contributed by atoms with Crippen molar-refractivity contribution in [1.82, 2.24) is 29.1 Å². The number of aromatic nitrogens is 6. The molecule has 10 aromatic rings. The fourth-order valence-electron chi connectivity index (χ4n) is 7.16. The zero-order valence-corrected chi connectivity index (χ0v) is 26.8. The van der Waals surface area contributed by atoms with Crippen LogP contribution in [0.2, 0.25) is 0 Å². The number of para-hydroxylation sites is 2. The monoisotopic (exact) mass is 640 g/mol. The van der Waals surface area contributed by atoms with E-state index in [1.807, 2.05) is 79.0 Å². The highest BCUT2D eigenvalue weighted by Crippen LogP contribution is 2.38. The first-order valence-corrected chi connectivity index (χ1v) is 16.7. The van der Waals surface area contributed by atoms with Crippen molar-refractivity contribution >= 4 is 43.6 Å². The minimum atomic E-state index is 0.622. The van der Waals surface area contributed by atoms with E-state index < -0.39 is 0 Å². The Kier molecular flexibility index (Phi) is 6.39. The third-order valence-corrected chi connectivity index (χ3v) is 9.42. The minimum Gasteiger partial charge on any atom is -0.309 e. The van der Waals surface area contributed by atoms with Gasteiger partial charge in [-0.05, 0) is 60.7 Å². The molecular formula is C44H28N6. The van der Waals surface area contributed by atoms with Gasteiger partial charge in [0, 0.05) is 50.1 Å². The van der Waals surface area contributed by atoms with Gasteiger partial charge >= 0.3 is 0 Å². The Morgan fingerprint density at radius 1 is 0.340 bits per heavy atom. The van der Waals surface area contributed by atoms with Crippen LogP contribution in [0.25, 0.3) is 89.3 Å². The second-order valence-electron chi connectivity index (χ2n) is 12.4. The van der Waals surface area contributed by atoms with Crippen LogP contribution in [-0.4, -0.2) is 29.1 Å². The van der Waals surface area contributed by atoms with Crippen LogP contribution in [0, 0.1) is 0 Å². The molecular weight excluding hydrogens is 613 g/mol. The lowest BCUT2D eigenvalue weighted by Crippen LogP contribution is -2.00. The van der Waals surface area contributed by atoms with Crippen molar-refractivity contribution in [2.45, 2.75) is 0 Å². The third kappa shape index (κ3) is 4.50. The van der Waals surface area contributed by atoms with Crippen LogP contribution < -0.4 is 0 Å². The Hall–Kier alpha value is -6.92. The van der Waals surface area contributed by atoms with Crippen LogP contribution in [-0.2, 0) is 0 Å². The van der Waals surface area contributed by atoms with Gasteiger partial charge in [0.15, 0.2) is 17.5 Å². The lowest BCUT2D eigenvalue weighted by Gasteiger charge is -2.09. The molecule has 0 N–H and O–H groups in total. The molecule has 0 bridgehead atoms. The largest absolute Gasteiger partial charge is 0.309 e. The average molecular weight is 641 g/mol. The number of benzene rings is 6. The Bertz CT molecular complexity index is 2740. The van der Waals surface area contributed by atoms with E-state index in [4.69, 9.17) is 19.9 Å². The predicted molar refractivity (Wildman–Crippen MR) is 203 cm³/mol. The fourth-order valence-corrected chi connectivity index (χ4v) is 7.16. The summed E-state index contributed by atoms with van der Waals surface area (Å²) >= 11 is 0. The Morgan fingerprint density at radius 2 is 0.840 bits per heavy atom. The third-order valence-electron chi connectivity index (χ3n) is 9.42. The molecule has 4 aromatic heterocycles. The molecule has 6 heteroatoms. The van der Waals surface area contributed by atoms with Gasteiger partial charge < -0.3 is 4.57 Å². The summed E-state index contributed by atoms with van der Waals surface area (Å²) in [5.41, 5.74) is 8.38. The Labute approximate surface area is 287 Å². The van der Waals surface area contributed by atoms with Gasteiger partial charge in [-0.1, -0.05) is 103 Å². The van der Waals surface area contributed by atoms with E-state index in [-0.39, 0.29) is 0 Å². The van der Waals surface area contributed by atoms with Crippen molar-refractivity contribution < 1.29 is 0 Å². The minimum absolute atomic E-state index is 0.622. The molecule has 234 valence electrons. The normalized spacial score (nSPS) is 11.6. The molecule has 0 saturated carbocycles. The van der Waals surface area contributed by atoms with Gasteiger partial charge in [-0.15, -0.1) is 0 Å². The van der Waals surface area contributed by atoms with E-state index in [9.17, 15) is 0 Å². The van der Waals surface area contributed by atoms with Gasteiger partial charge in [-0.25, -0.2) is 19.9 Å². The zero-order chi connectivity index (χ0) is 33.0. The number of nitrogens with zero attached hydrogens (tertiary/aromatic N) is 6. The van der Waals surface area contributed by atoms with Crippen molar-refractivity contribution in [3.63, 3.8) is 0 Å². The second-order valence-corrected chi connectivity index (χ2v) is 12.4. The van der Waals surface area contributed by atoms with Gasteiger partial charge in [-0.2, -0.15) is 0 Å². The van der Waals surface area contributed by atoms with Gasteiger partial charge in [0.2, 0.25) is 0 Å². The quantitative estimate of drug-likeness (QED) is 0.188. The summed E-state index contributed by atoms with van der Waals surface area (Å²) in [7, 11) is 0. The number of fused-ring (bicyclic) bond motifs is 6. The SMILES string of the molecule is c1ccc(-c2nc(-c3ccccc3)nc(-c3ccc4c(c3)c3cc(-n5c6ccccc6c6ccccc65)ccc3n4-c3ccccn3)n2)cc1. The molecule has 0 spiro atoms. The molecule has 0 aliphatic carbocycles. The van der Waals surface area contributed by atoms with Crippen molar-refractivity contribution in [2.75, 3.05) is 0 Å². The highest BCUT2D eigenvalue weighted by Gasteiger charge is 2.19. The molecule has 10 rings (SSSR count). The van der Waals surface area contributed by atoms with Crippen LogP contribution in [0.3, 0.4) is 0 Å². The van der Waals surface area contributed by atoms with E-state index in [2.05, 4.69) is 100 Å². The smallest absolute Gasteiger partial charge is 0.164 e. The van der Waals surface area contributed by atoms with E-state index >= 15 is 0 Å². The number of rotatable bonds is 5. The lowest BCUT2D eigenvalue weighted by atomic mass is 10.1. The van der Waals surface area contributed by atoms with Crippen LogP contribution in [0.1, 0.15) is 0 Å². The maximum absolute atomic E-state index is 5.03. The molecule has 0 aliphatic heterocycles. The summed E-state index contributed by atoms with van der Waals surface area (Å²) in [6.07, 6.45) is 1.84. The number of pyridine rings is 1. The fraction of sp³-hybridized carbons (Fsp3) is 0. The molecule has 0 fully saturated rings. The summed E-state index contributed by atoms with van der Waals surface area (Å²) in [4.78, 5) is 19.7. The molecule has 50 heavy (non-hydrogen) atoms. The van der Waals surface area contributed by atoms with Crippen molar-refractivity contribution in [1.29, 1.82) is 0 Å². The molecule has 0 radical (unpaired) electrons. The summed E-state index contributed by atoms with van der Waals surface area (Å²) in [6, 6.07) is 56.7. The van der Waals surface area contributed by atoms with E-state index in [1.54, 1.807) is 0 Å². The summed E-state index contributed by atoms with van der Waals surface area (Å²) in [6.45, 7) is 0. The molecule has 6 nitrogen and oxygen atoms in total. The maximum Gasteiger partial charge on any atom is 0.164 e. The van der Waals surface area contributed by atoms with Gasteiger partial charge in [0.1, 0.15) is 5.82 Å². The Morgan fingerprint density at radius 3 is 1.44 bits per heavy atom. The molecule has 0 aliphatic rings. The molecule has 0 unspecified atom stereocenters. The first-order valence-electron chi connectivity index (χ1n) is 16.7. The van der Waals surface area contributed by atoms with E-state index in [1.165, 1.54) is 21.8 Å². The highest BCUT2D eigenvalue weighted by molar-refractivity contribution is 6.12. The predicted octanol–water partition coefficient (Wildman–Crippen LogP) is 10.5. The zero-order valence-electron chi connectivity index (χ0n) is 26.8. The van der Waals surface area contributed by atoms with Gasteiger partial charge in [0.25, 0.3) is 0 Å². The summed E-state index contributed by atoms with van der Waals surface area (Å²) < 4.78 is 4.60. The number of hydrogen-bond donors (Lipinski definition) is 0. The molecule has 6 aromatic carbocycles. The average Bonchev–Trinajstić information content (AvgIpc) is 3.71. The van der Waals surface area contributed by atoms with Crippen LogP contribution >= 0.6 is 0 Å².